The Morgan fingerprint density at radius 3 is 2.29 bits per heavy atom. The normalized spacial score (nSPS) is 8.14. The Labute approximate surface area is 41.3 Å². The van der Waals surface area contributed by atoms with E-state index in [1.807, 2.05) is 0 Å². The molecule has 4 N–H and O–H groups in total. The summed E-state index contributed by atoms with van der Waals surface area (Å²) in [5, 5.41) is 0. The Morgan fingerprint density at radius 2 is 2.29 bits per heavy atom. The number of primary amides is 1. The van der Waals surface area contributed by atoms with Crippen LogP contribution < -0.4 is 5.73 Å². The van der Waals surface area contributed by atoms with E-state index in [0.29, 0.717) is 0 Å². The molecule has 0 aromatic carbocycles. The van der Waals surface area contributed by atoms with Gasteiger partial charge in [0.2, 0.25) is 0 Å². The van der Waals surface area contributed by atoms with Crippen LogP contribution in [0, 0.1) is 0 Å². The van der Waals surface area contributed by atoms with Gasteiger partial charge in [-0.2, -0.15) is 0 Å². The standard InChI is InChI=1S/C3H6N2O.H2O/c1-2-5-3(4)6;/h2H,1H3,(H2,4,6);1H2. The quantitative estimate of drug-likeness (QED) is 0.406. The van der Waals surface area contributed by atoms with Gasteiger partial charge in [0.25, 0.3) is 0 Å². The number of nitrogens with zero attached hydrogens (tertiary/aromatic N) is 1. The van der Waals surface area contributed by atoms with E-state index in [1.54, 1.807) is 6.92 Å². The van der Waals surface area contributed by atoms with Crippen LogP contribution in [-0.2, 0) is 0 Å². The number of carbonyl (C=O) groups is 1. The molecule has 0 rings (SSSR count). The molecule has 0 spiro atoms. The van der Waals surface area contributed by atoms with Gasteiger partial charge in [-0.15, -0.1) is 0 Å². The summed E-state index contributed by atoms with van der Waals surface area (Å²) in [4.78, 5) is 12.8. The number of aliphatic imine (C=N–C) groups is 1. The lowest BCUT2D eigenvalue weighted by Gasteiger charge is -1.70. The number of nitrogens with two attached hydrogens (primary N) is 1. The van der Waals surface area contributed by atoms with Crippen molar-refractivity contribution in [2.75, 3.05) is 0 Å². The zero-order valence-corrected chi connectivity index (χ0v) is 4.01. The number of urea groups is 1. The van der Waals surface area contributed by atoms with Crippen LogP contribution >= 0.6 is 0 Å². The van der Waals surface area contributed by atoms with Gasteiger partial charge in [-0.1, -0.05) is 0 Å². The Kier molecular flexibility index (Phi) is 6.88. The number of amides is 2. The van der Waals surface area contributed by atoms with Crippen molar-refractivity contribution in [3.8, 4) is 0 Å². The lowest BCUT2D eigenvalue weighted by molar-refractivity contribution is 0.257. The summed E-state index contributed by atoms with van der Waals surface area (Å²) in [6.07, 6.45) is 1.35. The molecule has 0 heterocycles. The molecule has 2 amide bonds. The first-order chi connectivity index (χ1) is 2.77. The number of rotatable bonds is 0. The SMILES string of the molecule is CC=NC(N)=O.O. The van der Waals surface area contributed by atoms with E-state index in [0.717, 1.165) is 0 Å². The summed E-state index contributed by atoms with van der Waals surface area (Å²) in [7, 11) is 0. The molecule has 7 heavy (non-hydrogen) atoms. The second-order valence-corrected chi connectivity index (χ2v) is 0.726. The van der Waals surface area contributed by atoms with Crippen LogP contribution in [0.3, 0.4) is 0 Å². The fraction of sp³-hybridized carbons (Fsp3) is 0.333. The summed E-state index contributed by atoms with van der Waals surface area (Å²) < 4.78 is 0. The predicted octanol–water partition coefficient (Wildman–Crippen LogP) is -0.669. The highest BCUT2D eigenvalue weighted by atomic mass is 16.2. The average Bonchev–Trinajstić information content (AvgIpc) is 1.35. The third-order valence-corrected chi connectivity index (χ3v) is 0.256. The first-order valence-corrected chi connectivity index (χ1v) is 1.55. The molecule has 0 aliphatic carbocycles. The second kappa shape index (κ2) is 5.10. The monoisotopic (exact) mass is 104 g/mol. The minimum atomic E-state index is -0.641. The summed E-state index contributed by atoms with van der Waals surface area (Å²) in [5.74, 6) is 0. The molecular weight excluding hydrogens is 96.0 g/mol. The van der Waals surface area contributed by atoms with Gasteiger partial charge in [-0.05, 0) is 6.92 Å². The lowest BCUT2D eigenvalue weighted by atomic mass is 10.9. The summed E-state index contributed by atoms with van der Waals surface area (Å²) in [6, 6.07) is -0.641. The minimum absolute atomic E-state index is 0. The third-order valence-electron chi connectivity index (χ3n) is 0.256. The van der Waals surface area contributed by atoms with Crippen molar-refractivity contribution in [3.05, 3.63) is 0 Å². The van der Waals surface area contributed by atoms with Crippen LogP contribution in [0.1, 0.15) is 6.92 Å². The lowest BCUT2D eigenvalue weighted by Crippen LogP contribution is -2.02. The first-order valence-electron chi connectivity index (χ1n) is 1.55. The van der Waals surface area contributed by atoms with Gasteiger partial charge in [0, 0.05) is 6.21 Å². The van der Waals surface area contributed by atoms with Gasteiger partial charge >= 0.3 is 6.03 Å². The molecule has 0 aliphatic heterocycles. The maximum Gasteiger partial charge on any atom is 0.337 e. The Bertz CT molecular complexity index is 79.0. The smallest absolute Gasteiger partial charge is 0.337 e. The van der Waals surface area contributed by atoms with E-state index in [1.165, 1.54) is 6.21 Å². The largest absolute Gasteiger partial charge is 0.412 e. The van der Waals surface area contributed by atoms with Crippen molar-refractivity contribution >= 4 is 12.2 Å². The average molecular weight is 104 g/mol. The first kappa shape index (κ1) is 9.44. The summed E-state index contributed by atoms with van der Waals surface area (Å²) >= 11 is 0. The van der Waals surface area contributed by atoms with Crippen LogP contribution in [0.2, 0.25) is 0 Å². The van der Waals surface area contributed by atoms with E-state index in [2.05, 4.69) is 10.7 Å². The summed E-state index contributed by atoms with van der Waals surface area (Å²) in [6.45, 7) is 1.63. The molecule has 42 valence electrons. The van der Waals surface area contributed by atoms with Crippen molar-refractivity contribution < 1.29 is 10.3 Å². The van der Waals surface area contributed by atoms with Crippen LogP contribution in [0.15, 0.2) is 4.99 Å². The number of carbonyl (C=O) groups excluding carboxylic acids is 1. The van der Waals surface area contributed by atoms with E-state index in [4.69, 9.17) is 0 Å². The van der Waals surface area contributed by atoms with Crippen LogP contribution in [0.4, 0.5) is 4.79 Å². The maximum atomic E-state index is 9.62. The highest BCUT2D eigenvalue weighted by Gasteiger charge is 1.74. The fourth-order valence-electron chi connectivity index (χ4n) is 0.127. The highest BCUT2D eigenvalue weighted by molar-refractivity contribution is 5.81. The van der Waals surface area contributed by atoms with Crippen molar-refractivity contribution in [1.29, 1.82) is 0 Å². The van der Waals surface area contributed by atoms with Gasteiger partial charge in [0.05, 0.1) is 0 Å². The molecule has 0 saturated carbocycles. The van der Waals surface area contributed by atoms with E-state index >= 15 is 0 Å². The van der Waals surface area contributed by atoms with Gasteiger partial charge in [0.15, 0.2) is 0 Å². The molecule has 0 radical (unpaired) electrons. The Balaban J connectivity index is 0. The fourth-order valence-corrected chi connectivity index (χ4v) is 0.127. The maximum absolute atomic E-state index is 9.62. The molecule has 0 fully saturated rings. The molecule has 0 atom stereocenters. The Hall–Kier alpha value is -0.900. The summed E-state index contributed by atoms with van der Waals surface area (Å²) in [5.41, 5.74) is 4.57. The van der Waals surface area contributed by atoms with Gasteiger partial charge in [-0.25, -0.2) is 9.79 Å². The predicted molar refractivity (Wildman–Crippen MR) is 27.4 cm³/mol. The van der Waals surface area contributed by atoms with Crippen molar-refractivity contribution in [1.82, 2.24) is 0 Å². The van der Waals surface area contributed by atoms with E-state index < -0.39 is 6.03 Å². The highest BCUT2D eigenvalue weighted by Crippen LogP contribution is 1.59. The van der Waals surface area contributed by atoms with Crippen LogP contribution in [-0.4, -0.2) is 17.7 Å². The Morgan fingerprint density at radius 1 is 1.86 bits per heavy atom. The zero-order chi connectivity index (χ0) is 4.99. The van der Waals surface area contributed by atoms with E-state index in [9.17, 15) is 4.79 Å². The number of hydrogen-bond acceptors (Lipinski definition) is 1. The number of hydrogen-bond donors (Lipinski definition) is 1. The molecule has 0 aliphatic rings. The molecule has 4 heteroatoms. The van der Waals surface area contributed by atoms with Crippen molar-refractivity contribution in [2.24, 2.45) is 10.7 Å². The molecule has 0 aromatic rings. The van der Waals surface area contributed by atoms with Crippen molar-refractivity contribution in [2.45, 2.75) is 6.92 Å². The van der Waals surface area contributed by atoms with Gasteiger partial charge < -0.3 is 11.2 Å². The zero-order valence-electron chi connectivity index (χ0n) is 4.01. The molecule has 0 aromatic heterocycles. The third kappa shape index (κ3) is 11.1. The van der Waals surface area contributed by atoms with Crippen molar-refractivity contribution in [3.63, 3.8) is 0 Å². The van der Waals surface area contributed by atoms with Gasteiger partial charge in [0.1, 0.15) is 0 Å². The topological polar surface area (TPSA) is 86.9 Å². The molecule has 0 saturated heterocycles. The molecule has 0 unspecified atom stereocenters. The molecule has 0 bridgehead atoms. The molecular formula is C3H8N2O2. The minimum Gasteiger partial charge on any atom is -0.412 e. The molecule has 4 nitrogen and oxygen atoms in total. The second-order valence-electron chi connectivity index (χ2n) is 0.726. The van der Waals surface area contributed by atoms with Crippen LogP contribution in [0.25, 0.3) is 0 Å². The van der Waals surface area contributed by atoms with Gasteiger partial charge in [-0.3, -0.25) is 0 Å². The van der Waals surface area contributed by atoms with Crippen LogP contribution in [0.5, 0.6) is 0 Å². The van der Waals surface area contributed by atoms with E-state index in [-0.39, 0.29) is 5.48 Å².